The highest BCUT2D eigenvalue weighted by Gasteiger charge is 2.08. The molecule has 0 aromatic carbocycles. The van der Waals surface area contributed by atoms with Gasteiger partial charge in [0.05, 0.1) is 4.88 Å². The summed E-state index contributed by atoms with van der Waals surface area (Å²) >= 11 is 4.66. The number of nitrogens with zero attached hydrogens (tertiary/aromatic N) is 2. The Morgan fingerprint density at radius 1 is 1.64 bits per heavy atom. The summed E-state index contributed by atoms with van der Waals surface area (Å²) in [6.45, 7) is 0.731. The smallest absolute Gasteiger partial charge is 0.227 e. The molecule has 11 heavy (non-hydrogen) atoms. The molecule has 1 heterocycles. The third-order valence-corrected chi connectivity index (χ3v) is 2.59. The van der Waals surface area contributed by atoms with Crippen LogP contribution in [0.15, 0.2) is 3.92 Å². The second kappa shape index (κ2) is 3.51. The van der Waals surface area contributed by atoms with Crippen LogP contribution in [-0.4, -0.2) is 29.1 Å². The highest BCUT2D eigenvalue weighted by molar-refractivity contribution is 9.11. The second-order valence-electron chi connectivity index (χ2n) is 2.45. The average Bonchev–Trinajstić information content (AvgIpc) is 2.09. The van der Waals surface area contributed by atoms with Crippen molar-refractivity contribution in [3.8, 4) is 5.88 Å². The maximum absolute atomic E-state index is 9.22. The Morgan fingerprint density at radius 3 is 2.64 bits per heavy atom. The Labute approximate surface area is 77.8 Å². The normalized spacial score (nSPS) is 10.9. The van der Waals surface area contributed by atoms with E-state index in [4.69, 9.17) is 0 Å². The summed E-state index contributed by atoms with van der Waals surface area (Å²) < 4.78 is 0.729. The number of hydrogen-bond acceptors (Lipinski definition) is 4. The van der Waals surface area contributed by atoms with Gasteiger partial charge in [-0.05, 0) is 30.0 Å². The lowest BCUT2D eigenvalue weighted by Crippen LogP contribution is -2.09. The molecule has 0 fully saturated rings. The first-order chi connectivity index (χ1) is 5.09. The summed E-state index contributed by atoms with van der Waals surface area (Å²) in [5.74, 6) is 0.135. The minimum Gasteiger partial charge on any atom is -0.492 e. The lowest BCUT2D eigenvalue weighted by molar-refractivity contribution is 0.386. The molecule has 1 aromatic rings. The van der Waals surface area contributed by atoms with Gasteiger partial charge in [0.1, 0.15) is 0 Å². The van der Waals surface area contributed by atoms with E-state index in [0.717, 1.165) is 15.3 Å². The van der Waals surface area contributed by atoms with Crippen LogP contribution in [0.3, 0.4) is 0 Å². The SMILES string of the molecule is CN(C)Cc1sc(Br)nc1O. The molecule has 5 heteroatoms. The Hall–Kier alpha value is -0.130. The van der Waals surface area contributed by atoms with E-state index in [-0.39, 0.29) is 5.88 Å². The Kier molecular flexibility index (Phi) is 2.86. The van der Waals surface area contributed by atoms with Crippen molar-refractivity contribution in [2.45, 2.75) is 6.54 Å². The number of aromatic nitrogens is 1. The molecule has 1 rings (SSSR count). The molecule has 0 aliphatic carbocycles. The minimum absolute atomic E-state index is 0.135. The fraction of sp³-hybridized carbons (Fsp3) is 0.500. The van der Waals surface area contributed by atoms with E-state index in [0.29, 0.717) is 0 Å². The second-order valence-corrected chi connectivity index (χ2v) is 4.81. The molecule has 0 radical (unpaired) electrons. The molecule has 3 nitrogen and oxygen atoms in total. The first kappa shape index (κ1) is 8.96. The number of halogens is 1. The summed E-state index contributed by atoms with van der Waals surface area (Å²) in [6, 6.07) is 0. The topological polar surface area (TPSA) is 36.4 Å². The van der Waals surface area contributed by atoms with E-state index in [9.17, 15) is 5.11 Å². The van der Waals surface area contributed by atoms with Gasteiger partial charge in [-0.3, -0.25) is 0 Å². The van der Waals surface area contributed by atoms with E-state index >= 15 is 0 Å². The van der Waals surface area contributed by atoms with Gasteiger partial charge < -0.3 is 10.0 Å². The predicted octanol–water partition coefficient (Wildman–Crippen LogP) is 1.67. The molecule has 0 aliphatic heterocycles. The Bertz CT molecular complexity index is 249. The molecule has 0 saturated heterocycles. The fourth-order valence-electron chi connectivity index (χ4n) is 0.706. The largest absolute Gasteiger partial charge is 0.492 e. The molecule has 62 valence electrons. The van der Waals surface area contributed by atoms with Crippen LogP contribution in [0.1, 0.15) is 4.88 Å². The zero-order chi connectivity index (χ0) is 8.43. The summed E-state index contributed by atoms with van der Waals surface area (Å²) in [5.41, 5.74) is 0. The van der Waals surface area contributed by atoms with Crippen LogP contribution in [0.25, 0.3) is 0 Å². The first-order valence-electron chi connectivity index (χ1n) is 3.08. The molecule has 1 N–H and O–H groups in total. The van der Waals surface area contributed by atoms with Gasteiger partial charge in [0.25, 0.3) is 0 Å². The molecule has 1 aromatic heterocycles. The average molecular weight is 237 g/mol. The van der Waals surface area contributed by atoms with Crippen molar-refractivity contribution in [3.63, 3.8) is 0 Å². The van der Waals surface area contributed by atoms with Gasteiger partial charge in [-0.2, -0.15) is 4.98 Å². The summed E-state index contributed by atoms with van der Waals surface area (Å²) in [5, 5.41) is 9.22. The van der Waals surface area contributed by atoms with Crippen LogP contribution in [0.2, 0.25) is 0 Å². The molecule has 0 atom stereocenters. The van der Waals surface area contributed by atoms with Crippen LogP contribution in [-0.2, 0) is 6.54 Å². The summed E-state index contributed by atoms with van der Waals surface area (Å²) in [6.07, 6.45) is 0. The van der Waals surface area contributed by atoms with Gasteiger partial charge in [0.15, 0.2) is 3.92 Å². The van der Waals surface area contributed by atoms with Crippen molar-refractivity contribution in [2.75, 3.05) is 14.1 Å². The van der Waals surface area contributed by atoms with E-state index in [1.165, 1.54) is 11.3 Å². The number of thiazole rings is 1. The third-order valence-electron chi connectivity index (χ3n) is 1.11. The summed E-state index contributed by atoms with van der Waals surface area (Å²) in [7, 11) is 3.90. The van der Waals surface area contributed by atoms with Gasteiger partial charge in [0.2, 0.25) is 5.88 Å². The van der Waals surface area contributed by atoms with Crippen molar-refractivity contribution in [1.29, 1.82) is 0 Å². The maximum Gasteiger partial charge on any atom is 0.227 e. The van der Waals surface area contributed by atoms with E-state index in [1.54, 1.807) is 0 Å². The van der Waals surface area contributed by atoms with Crippen LogP contribution in [0.5, 0.6) is 5.88 Å². The first-order valence-corrected chi connectivity index (χ1v) is 4.69. The monoisotopic (exact) mass is 236 g/mol. The fourth-order valence-corrected chi connectivity index (χ4v) is 2.26. The molecular formula is C6H9BrN2OS. The predicted molar refractivity (Wildman–Crippen MR) is 48.9 cm³/mol. The molecule has 0 aliphatic rings. The highest BCUT2D eigenvalue weighted by Crippen LogP contribution is 2.28. The Morgan fingerprint density at radius 2 is 2.27 bits per heavy atom. The van der Waals surface area contributed by atoms with Crippen LogP contribution < -0.4 is 0 Å². The quantitative estimate of drug-likeness (QED) is 0.849. The standard InChI is InChI=1S/C6H9BrN2OS/c1-9(2)3-4-5(10)8-6(7)11-4/h10H,3H2,1-2H3. The van der Waals surface area contributed by atoms with Crippen molar-refractivity contribution >= 4 is 27.3 Å². The van der Waals surface area contributed by atoms with Crippen molar-refractivity contribution in [3.05, 3.63) is 8.79 Å². The van der Waals surface area contributed by atoms with Crippen LogP contribution in [0, 0.1) is 0 Å². The molecular weight excluding hydrogens is 228 g/mol. The molecule has 0 saturated carbocycles. The lowest BCUT2D eigenvalue weighted by Gasteiger charge is -2.05. The summed E-state index contributed by atoms with van der Waals surface area (Å²) in [4.78, 5) is 6.70. The molecule has 0 spiro atoms. The van der Waals surface area contributed by atoms with Gasteiger partial charge >= 0.3 is 0 Å². The molecule has 0 unspecified atom stereocenters. The van der Waals surface area contributed by atoms with Gasteiger partial charge in [-0.1, -0.05) is 0 Å². The highest BCUT2D eigenvalue weighted by atomic mass is 79.9. The van der Waals surface area contributed by atoms with Crippen LogP contribution >= 0.6 is 27.3 Å². The Balaban J connectivity index is 2.77. The zero-order valence-corrected chi connectivity index (χ0v) is 8.74. The van der Waals surface area contributed by atoms with Gasteiger partial charge in [-0.15, -0.1) is 11.3 Å². The maximum atomic E-state index is 9.22. The van der Waals surface area contributed by atoms with Crippen LogP contribution in [0.4, 0.5) is 0 Å². The van der Waals surface area contributed by atoms with E-state index < -0.39 is 0 Å². The minimum atomic E-state index is 0.135. The van der Waals surface area contributed by atoms with Gasteiger partial charge in [-0.25, -0.2) is 0 Å². The number of hydrogen-bond donors (Lipinski definition) is 1. The molecule has 0 amide bonds. The van der Waals surface area contributed by atoms with Crippen molar-refractivity contribution < 1.29 is 5.11 Å². The lowest BCUT2D eigenvalue weighted by atomic mass is 10.5. The van der Waals surface area contributed by atoms with E-state index in [1.807, 2.05) is 19.0 Å². The van der Waals surface area contributed by atoms with Crippen molar-refractivity contribution in [1.82, 2.24) is 9.88 Å². The number of aromatic hydroxyl groups is 1. The number of rotatable bonds is 2. The van der Waals surface area contributed by atoms with E-state index in [2.05, 4.69) is 20.9 Å². The third kappa shape index (κ3) is 2.43. The van der Waals surface area contributed by atoms with Crippen molar-refractivity contribution in [2.24, 2.45) is 0 Å². The molecule has 0 bridgehead atoms. The zero-order valence-electron chi connectivity index (χ0n) is 6.33. The van der Waals surface area contributed by atoms with Gasteiger partial charge in [0, 0.05) is 6.54 Å².